The molecule has 0 aliphatic carbocycles. The highest BCUT2D eigenvalue weighted by Gasteiger charge is 2.35. The largest absolute Gasteiger partial charge is 0.280 e. The second kappa shape index (κ2) is 6.22. The van der Waals surface area contributed by atoms with Gasteiger partial charge in [0, 0.05) is 6.54 Å². The van der Waals surface area contributed by atoms with E-state index in [0.29, 0.717) is 12.1 Å². The summed E-state index contributed by atoms with van der Waals surface area (Å²) in [5.74, 6) is -0.877. The zero-order valence-electron chi connectivity index (χ0n) is 13.7. The molecule has 0 N–H and O–H groups in total. The molecule has 0 radical (unpaired) electrons. The van der Waals surface area contributed by atoms with Crippen molar-refractivity contribution < 1.29 is 9.59 Å². The number of carbonyl (C=O) groups excluding carboxylic acids is 2. The molecule has 0 aromatic heterocycles. The molecule has 1 aliphatic heterocycles. The maximum absolute atomic E-state index is 12.4. The predicted octanol–water partition coefficient (Wildman–Crippen LogP) is 3.69. The number of imide groups is 1. The first-order valence-corrected chi connectivity index (χ1v) is 7.42. The highest BCUT2D eigenvalue weighted by molar-refractivity contribution is 6.09. The van der Waals surface area contributed by atoms with Crippen LogP contribution in [0.5, 0.6) is 0 Å². The van der Waals surface area contributed by atoms with Crippen LogP contribution in [0, 0.1) is 19.8 Å². The zero-order valence-corrected chi connectivity index (χ0v) is 13.7. The topological polar surface area (TPSA) is 62.1 Å². The van der Waals surface area contributed by atoms with Gasteiger partial charge < -0.3 is 0 Å². The normalized spacial score (nSPS) is 19.5. The quantitative estimate of drug-likeness (QED) is 0.631. The lowest BCUT2D eigenvalue weighted by atomic mass is 9.95. The number of amides is 2. The third kappa shape index (κ3) is 2.84. The van der Waals surface area contributed by atoms with E-state index in [1.165, 1.54) is 4.90 Å². The highest BCUT2D eigenvalue weighted by Crippen LogP contribution is 2.28. The summed E-state index contributed by atoms with van der Waals surface area (Å²) in [5.41, 5.74) is 3.76. The van der Waals surface area contributed by atoms with Gasteiger partial charge >= 0.3 is 0 Å². The van der Waals surface area contributed by atoms with Crippen LogP contribution in [0.1, 0.15) is 31.9 Å². The van der Waals surface area contributed by atoms with Gasteiger partial charge in [-0.15, -0.1) is 5.11 Å². The van der Waals surface area contributed by atoms with Crippen molar-refractivity contribution in [2.24, 2.45) is 16.1 Å². The molecule has 0 saturated carbocycles. The van der Waals surface area contributed by atoms with Crippen LogP contribution in [-0.2, 0) is 9.59 Å². The molecule has 116 valence electrons. The Bertz CT molecular complexity index is 689. The number of hydrogen-bond acceptors (Lipinski definition) is 4. The Hall–Kier alpha value is -2.30. The molecule has 0 saturated heterocycles. The second-order valence-corrected chi connectivity index (χ2v) is 5.63. The molecular weight excluding hydrogens is 278 g/mol. The number of aryl methyl sites for hydroxylation is 2. The maximum atomic E-state index is 12.4. The van der Waals surface area contributed by atoms with Gasteiger partial charge in [0.1, 0.15) is 0 Å². The Morgan fingerprint density at radius 3 is 2.45 bits per heavy atom. The molecule has 22 heavy (non-hydrogen) atoms. The lowest BCUT2D eigenvalue weighted by molar-refractivity contribution is -0.145. The van der Waals surface area contributed by atoms with Gasteiger partial charge in [0.15, 0.2) is 5.70 Å². The molecule has 1 atom stereocenters. The first-order chi connectivity index (χ1) is 10.4. The fraction of sp³-hybridized carbons (Fsp3) is 0.412. The molecule has 5 heteroatoms. The second-order valence-electron chi connectivity index (χ2n) is 5.63. The Kier molecular flexibility index (Phi) is 4.54. The van der Waals surface area contributed by atoms with Gasteiger partial charge in [-0.1, -0.05) is 12.1 Å². The van der Waals surface area contributed by atoms with Gasteiger partial charge in [-0.25, -0.2) is 0 Å². The first kappa shape index (κ1) is 16.1. The van der Waals surface area contributed by atoms with E-state index in [9.17, 15) is 9.59 Å². The van der Waals surface area contributed by atoms with E-state index in [1.807, 2.05) is 32.0 Å². The fourth-order valence-electron chi connectivity index (χ4n) is 2.37. The van der Waals surface area contributed by atoms with Gasteiger partial charge in [0.05, 0.1) is 11.6 Å². The summed E-state index contributed by atoms with van der Waals surface area (Å²) < 4.78 is 0. The van der Waals surface area contributed by atoms with E-state index in [2.05, 4.69) is 10.2 Å². The van der Waals surface area contributed by atoms with E-state index in [-0.39, 0.29) is 23.4 Å². The Labute approximate surface area is 130 Å². The van der Waals surface area contributed by atoms with Crippen LogP contribution in [0.3, 0.4) is 0 Å². The van der Waals surface area contributed by atoms with Gasteiger partial charge in [-0.3, -0.25) is 14.5 Å². The van der Waals surface area contributed by atoms with E-state index >= 15 is 0 Å². The van der Waals surface area contributed by atoms with E-state index < -0.39 is 0 Å². The molecule has 2 rings (SSSR count). The van der Waals surface area contributed by atoms with Crippen molar-refractivity contribution in [3.63, 3.8) is 0 Å². The lowest BCUT2D eigenvalue weighted by Gasteiger charge is -2.28. The van der Waals surface area contributed by atoms with Crippen LogP contribution in [-0.4, -0.2) is 23.3 Å². The molecule has 1 unspecified atom stereocenters. The van der Waals surface area contributed by atoms with E-state index in [4.69, 9.17) is 0 Å². The van der Waals surface area contributed by atoms with Crippen molar-refractivity contribution in [3.8, 4) is 0 Å². The van der Waals surface area contributed by atoms with E-state index in [1.54, 1.807) is 20.8 Å². The summed E-state index contributed by atoms with van der Waals surface area (Å²) >= 11 is 0. The van der Waals surface area contributed by atoms with Crippen LogP contribution in [0.15, 0.2) is 39.7 Å². The number of likely N-dealkylation sites (N-methyl/N-ethyl adjacent to an activating group) is 1. The predicted molar refractivity (Wildman–Crippen MR) is 84.7 cm³/mol. The Balaban J connectivity index is 2.42. The summed E-state index contributed by atoms with van der Waals surface area (Å²) in [6.07, 6.45) is 0. The van der Waals surface area contributed by atoms with E-state index in [0.717, 1.165) is 16.8 Å². The molecule has 0 spiro atoms. The van der Waals surface area contributed by atoms with Crippen LogP contribution < -0.4 is 0 Å². The number of rotatable bonds is 3. The highest BCUT2D eigenvalue weighted by atomic mass is 16.2. The Morgan fingerprint density at radius 1 is 1.14 bits per heavy atom. The third-order valence-electron chi connectivity index (χ3n) is 4.05. The zero-order chi connectivity index (χ0) is 16.4. The maximum Gasteiger partial charge on any atom is 0.280 e. The van der Waals surface area contributed by atoms with Crippen molar-refractivity contribution in [2.45, 2.75) is 34.6 Å². The minimum Gasteiger partial charge on any atom is -0.277 e. The summed E-state index contributed by atoms with van der Waals surface area (Å²) in [6, 6.07) is 5.90. The van der Waals surface area contributed by atoms with Gasteiger partial charge in [0.25, 0.3) is 5.91 Å². The molecule has 0 bridgehead atoms. The van der Waals surface area contributed by atoms with Crippen molar-refractivity contribution in [2.75, 3.05) is 6.54 Å². The molecule has 1 heterocycles. The number of nitrogens with zero attached hydrogens (tertiary/aromatic N) is 3. The number of hydrogen-bond donors (Lipinski definition) is 0. The van der Waals surface area contributed by atoms with Crippen LogP contribution in [0.2, 0.25) is 0 Å². The number of azo groups is 1. The van der Waals surface area contributed by atoms with Crippen molar-refractivity contribution in [1.82, 2.24) is 4.90 Å². The molecule has 0 fully saturated rings. The van der Waals surface area contributed by atoms with Crippen molar-refractivity contribution in [3.05, 3.63) is 40.6 Å². The number of carbonyl (C=O) groups is 2. The smallest absolute Gasteiger partial charge is 0.277 e. The molecule has 1 aromatic carbocycles. The van der Waals surface area contributed by atoms with Crippen LogP contribution in [0.25, 0.3) is 0 Å². The molecule has 1 aliphatic rings. The summed E-state index contributed by atoms with van der Waals surface area (Å²) in [5, 5.41) is 8.39. The van der Waals surface area contributed by atoms with Crippen molar-refractivity contribution in [1.29, 1.82) is 0 Å². The first-order valence-electron chi connectivity index (χ1n) is 7.42. The van der Waals surface area contributed by atoms with Crippen molar-refractivity contribution >= 4 is 17.5 Å². The monoisotopic (exact) mass is 299 g/mol. The summed E-state index contributed by atoms with van der Waals surface area (Å²) in [7, 11) is 0. The standard InChI is InChI=1S/C17H21N3O2/c1-6-20-16(21)13(5)12(4)15(17(20)22)19-18-14-9-10(2)7-8-11(14)3/h7-9,13H,6H2,1-5H3. The lowest BCUT2D eigenvalue weighted by Crippen LogP contribution is -2.45. The molecular formula is C17H21N3O2. The van der Waals surface area contributed by atoms with Gasteiger partial charge in [0.2, 0.25) is 5.91 Å². The summed E-state index contributed by atoms with van der Waals surface area (Å²) in [4.78, 5) is 25.7. The minimum absolute atomic E-state index is 0.171. The average Bonchev–Trinajstić information content (AvgIpc) is 2.49. The number of benzene rings is 1. The van der Waals surface area contributed by atoms with Crippen LogP contribution >= 0.6 is 0 Å². The SMILES string of the molecule is CCN1C(=O)C(N=Nc2cc(C)ccc2C)=C(C)C(C)C1=O. The summed E-state index contributed by atoms with van der Waals surface area (Å²) in [6.45, 7) is 9.61. The molecule has 1 aromatic rings. The van der Waals surface area contributed by atoms with Gasteiger partial charge in [-0.2, -0.15) is 5.11 Å². The Morgan fingerprint density at radius 2 is 1.82 bits per heavy atom. The minimum atomic E-state index is -0.364. The molecule has 5 nitrogen and oxygen atoms in total. The average molecular weight is 299 g/mol. The fourth-order valence-corrected chi connectivity index (χ4v) is 2.37. The third-order valence-corrected chi connectivity index (χ3v) is 4.05. The van der Waals surface area contributed by atoms with Gasteiger partial charge in [-0.05, 0) is 57.4 Å². The van der Waals surface area contributed by atoms with Crippen LogP contribution in [0.4, 0.5) is 5.69 Å². The molecule has 2 amide bonds.